The number of aromatic nitrogens is 1. The zero-order valence-corrected chi connectivity index (χ0v) is 19.8. The van der Waals surface area contributed by atoms with Crippen LogP contribution in [0.2, 0.25) is 0 Å². The van der Waals surface area contributed by atoms with Gasteiger partial charge in [-0.25, -0.2) is 17.8 Å². The lowest BCUT2D eigenvalue weighted by Gasteiger charge is -2.20. The number of nitrogens with zero attached hydrogens (tertiary/aromatic N) is 2. The van der Waals surface area contributed by atoms with Crippen LogP contribution in [0.3, 0.4) is 0 Å². The van der Waals surface area contributed by atoms with Gasteiger partial charge in [-0.2, -0.15) is 13.2 Å². The van der Waals surface area contributed by atoms with Crippen molar-refractivity contribution in [3.63, 3.8) is 0 Å². The van der Waals surface area contributed by atoms with Crippen LogP contribution in [0.5, 0.6) is 5.88 Å². The Balaban J connectivity index is 2.34. The Morgan fingerprint density at radius 3 is 2.32 bits per heavy atom. The van der Waals surface area contributed by atoms with Gasteiger partial charge in [0.05, 0.1) is 17.7 Å². The molecule has 1 unspecified atom stereocenters. The molecular weight excluding hydrogens is 478 g/mol. The number of ether oxygens (including phenoxy) is 1. The van der Waals surface area contributed by atoms with Crippen molar-refractivity contribution in [3.05, 3.63) is 53.0 Å². The maximum absolute atomic E-state index is 14.5. The molecule has 1 aromatic heterocycles. The van der Waals surface area contributed by atoms with E-state index in [1.807, 2.05) is 13.8 Å². The molecule has 0 bridgehead atoms. The molecule has 0 aliphatic rings. The number of carbonyl (C=O) groups is 1. The van der Waals surface area contributed by atoms with Gasteiger partial charge < -0.3 is 10.5 Å². The van der Waals surface area contributed by atoms with Gasteiger partial charge in [0.2, 0.25) is 22.7 Å². The smallest absolute Gasteiger partial charge is 0.433 e. The van der Waals surface area contributed by atoms with E-state index in [1.165, 1.54) is 25.2 Å². The fraction of sp³-hybridized carbons (Fsp3) is 0.455. The minimum atomic E-state index is -4.65. The second kappa shape index (κ2) is 11.5. The molecule has 12 heteroatoms. The average Bonchev–Trinajstić information content (AvgIpc) is 2.76. The number of hydrogen-bond donors (Lipinski definition) is 2. The fourth-order valence-corrected chi connectivity index (χ4v) is 3.73. The SMILES string of the molecule is CCC(CC)Oc1nc(C(F)(F)F)ccc1CCC(C(N)=O)c1ccc(N(C)[SH](=O)=O)c(F)c1. The van der Waals surface area contributed by atoms with E-state index < -0.39 is 40.4 Å². The summed E-state index contributed by atoms with van der Waals surface area (Å²) in [5.74, 6) is -2.77. The van der Waals surface area contributed by atoms with Gasteiger partial charge in [-0.3, -0.25) is 9.10 Å². The van der Waals surface area contributed by atoms with Crippen molar-refractivity contribution in [2.24, 2.45) is 5.73 Å². The minimum absolute atomic E-state index is 0.0477. The van der Waals surface area contributed by atoms with Gasteiger partial charge >= 0.3 is 6.18 Å². The van der Waals surface area contributed by atoms with Crippen LogP contribution in [0.15, 0.2) is 30.3 Å². The van der Waals surface area contributed by atoms with E-state index in [1.54, 1.807) is 0 Å². The summed E-state index contributed by atoms with van der Waals surface area (Å²) in [6.07, 6.45) is -3.73. The average molecular weight is 506 g/mol. The van der Waals surface area contributed by atoms with E-state index in [0.29, 0.717) is 18.4 Å². The van der Waals surface area contributed by atoms with E-state index in [9.17, 15) is 30.8 Å². The maximum atomic E-state index is 14.5. The van der Waals surface area contributed by atoms with Crippen molar-refractivity contribution >= 4 is 22.5 Å². The largest absolute Gasteiger partial charge is 0.474 e. The van der Waals surface area contributed by atoms with E-state index in [-0.39, 0.29) is 36.1 Å². The highest BCUT2D eigenvalue weighted by Crippen LogP contribution is 2.33. The summed E-state index contributed by atoms with van der Waals surface area (Å²) in [5.41, 5.74) is 4.78. The molecule has 0 radical (unpaired) electrons. The number of aryl methyl sites for hydroxylation is 1. The van der Waals surface area contributed by atoms with Gasteiger partial charge in [0, 0.05) is 12.6 Å². The van der Waals surface area contributed by atoms with E-state index in [0.717, 1.165) is 16.4 Å². The minimum Gasteiger partial charge on any atom is -0.474 e. The number of pyridine rings is 1. The number of anilines is 1. The predicted octanol–water partition coefficient (Wildman–Crippen LogP) is 3.97. The summed E-state index contributed by atoms with van der Waals surface area (Å²) in [6.45, 7) is 3.67. The van der Waals surface area contributed by atoms with Crippen molar-refractivity contribution in [2.45, 2.75) is 57.7 Å². The summed E-state index contributed by atoms with van der Waals surface area (Å²) < 4.78 is 82.6. The molecule has 0 spiro atoms. The Kier molecular flexibility index (Phi) is 9.25. The third kappa shape index (κ3) is 6.81. The predicted molar refractivity (Wildman–Crippen MR) is 120 cm³/mol. The molecule has 0 aliphatic carbocycles. The standard InChI is InChI=1S/C22H27F4N3O4S/c1-4-15(5-2)33-21-13(8-11-19(28-21)22(24,25)26)6-9-16(20(27)30)14-7-10-18(17(23)12-14)29(3)34(31)32/h7-8,10-12,15-16,34H,4-6,9H2,1-3H3,(H2,27,30). The molecule has 0 aliphatic heterocycles. The van der Waals surface area contributed by atoms with Gasteiger partial charge in [0.25, 0.3) is 0 Å². The lowest BCUT2D eigenvalue weighted by atomic mass is 9.91. The van der Waals surface area contributed by atoms with Gasteiger partial charge in [-0.15, -0.1) is 0 Å². The Hall–Kier alpha value is -2.89. The first kappa shape index (κ1) is 27.4. The second-order valence-corrected chi connectivity index (χ2v) is 8.76. The Morgan fingerprint density at radius 2 is 1.82 bits per heavy atom. The number of alkyl halides is 3. The highest BCUT2D eigenvalue weighted by atomic mass is 32.2. The quantitative estimate of drug-likeness (QED) is 0.355. The molecule has 188 valence electrons. The Bertz CT molecular complexity index is 1080. The van der Waals surface area contributed by atoms with Crippen LogP contribution in [0.4, 0.5) is 23.2 Å². The number of carbonyl (C=O) groups excluding carboxylic acids is 1. The summed E-state index contributed by atoms with van der Waals surface area (Å²) in [5, 5.41) is 0. The summed E-state index contributed by atoms with van der Waals surface area (Å²) in [6, 6.07) is 5.70. The lowest BCUT2D eigenvalue weighted by Crippen LogP contribution is -2.23. The first-order chi connectivity index (χ1) is 15.9. The van der Waals surface area contributed by atoms with Crippen molar-refractivity contribution in [1.82, 2.24) is 4.98 Å². The molecule has 0 fully saturated rings. The molecule has 2 aromatic rings. The van der Waals surface area contributed by atoms with Crippen molar-refractivity contribution in [1.29, 1.82) is 0 Å². The van der Waals surface area contributed by atoms with E-state index in [4.69, 9.17) is 10.5 Å². The first-order valence-electron chi connectivity index (χ1n) is 10.6. The summed E-state index contributed by atoms with van der Waals surface area (Å²) >= 11 is 0. The number of benzene rings is 1. The van der Waals surface area contributed by atoms with Crippen LogP contribution >= 0.6 is 0 Å². The molecule has 0 saturated heterocycles. The van der Waals surface area contributed by atoms with E-state index >= 15 is 0 Å². The number of hydrogen-bond acceptors (Lipinski definition) is 5. The normalized spacial score (nSPS) is 12.7. The number of primary amides is 1. The monoisotopic (exact) mass is 505 g/mol. The zero-order valence-electron chi connectivity index (χ0n) is 18.9. The highest BCUT2D eigenvalue weighted by Gasteiger charge is 2.33. The summed E-state index contributed by atoms with van der Waals surface area (Å²) in [4.78, 5) is 15.7. The molecule has 2 N–H and O–H groups in total. The Morgan fingerprint density at radius 1 is 1.18 bits per heavy atom. The molecule has 34 heavy (non-hydrogen) atoms. The number of thiol groups is 1. The topological polar surface area (TPSA) is 103 Å². The molecule has 2 rings (SSSR count). The first-order valence-corrected chi connectivity index (χ1v) is 11.7. The molecule has 0 saturated carbocycles. The third-order valence-corrected chi connectivity index (χ3v) is 6.14. The van der Waals surface area contributed by atoms with Crippen LogP contribution in [0.1, 0.15) is 55.8 Å². The summed E-state index contributed by atoms with van der Waals surface area (Å²) in [7, 11) is -1.88. The van der Waals surface area contributed by atoms with Crippen molar-refractivity contribution in [3.8, 4) is 5.88 Å². The lowest BCUT2D eigenvalue weighted by molar-refractivity contribution is -0.141. The van der Waals surface area contributed by atoms with Gasteiger partial charge in [0.1, 0.15) is 11.5 Å². The molecule has 1 amide bonds. The third-order valence-electron chi connectivity index (χ3n) is 5.43. The molecule has 1 atom stereocenters. The van der Waals surface area contributed by atoms with Crippen molar-refractivity contribution < 1.29 is 35.5 Å². The number of halogens is 4. The van der Waals surface area contributed by atoms with Crippen LogP contribution in [-0.2, 0) is 28.3 Å². The van der Waals surface area contributed by atoms with Gasteiger partial charge in [-0.1, -0.05) is 26.0 Å². The van der Waals surface area contributed by atoms with Crippen LogP contribution in [0.25, 0.3) is 0 Å². The molecule has 1 heterocycles. The number of rotatable bonds is 11. The van der Waals surface area contributed by atoms with Gasteiger partial charge in [0.15, 0.2) is 0 Å². The fourth-order valence-electron chi connectivity index (χ4n) is 3.40. The van der Waals surface area contributed by atoms with Gasteiger partial charge in [-0.05, 0) is 49.4 Å². The zero-order chi connectivity index (χ0) is 25.6. The maximum Gasteiger partial charge on any atom is 0.433 e. The molecular formula is C22H27F4N3O4S. The van der Waals surface area contributed by atoms with E-state index in [2.05, 4.69) is 4.98 Å². The molecule has 7 nitrogen and oxygen atoms in total. The van der Waals surface area contributed by atoms with Crippen LogP contribution in [0, 0.1) is 5.82 Å². The number of amides is 1. The van der Waals surface area contributed by atoms with Crippen LogP contribution in [-0.4, -0.2) is 32.5 Å². The highest BCUT2D eigenvalue weighted by molar-refractivity contribution is 7.74. The van der Waals surface area contributed by atoms with Crippen LogP contribution < -0.4 is 14.8 Å². The Labute approximate surface area is 197 Å². The molecule has 1 aromatic carbocycles. The number of nitrogens with two attached hydrogens (primary N) is 1. The second-order valence-electron chi connectivity index (χ2n) is 7.68. The van der Waals surface area contributed by atoms with Crippen molar-refractivity contribution in [2.75, 3.05) is 11.4 Å².